The van der Waals surface area contributed by atoms with Crippen LogP contribution in [0.15, 0.2) is 17.2 Å². The molecule has 0 bridgehead atoms. The van der Waals surface area contributed by atoms with Gasteiger partial charge in [-0.25, -0.2) is 0 Å². The van der Waals surface area contributed by atoms with E-state index in [9.17, 15) is 9.59 Å². The zero-order valence-electron chi connectivity index (χ0n) is 13.6. The van der Waals surface area contributed by atoms with Crippen LogP contribution < -0.4 is 10.9 Å². The first-order valence-electron chi connectivity index (χ1n) is 8.29. The number of hydrogen-bond acceptors (Lipinski definition) is 4. The van der Waals surface area contributed by atoms with Crippen LogP contribution in [0.25, 0.3) is 5.65 Å². The first kappa shape index (κ1) is 15.7. The van der Waals surface area contributed by atoms with E-state index in [-0.39, 0.29) is 29.1 Å². The molecule has 2 heterocycles. The van der Waals surface area contributed by atoms with E-state index < -0.39 is 0 Å². The van der Waals surface area contributed by atoms with Crippen molar-refractivity contribution < 1.29 is 4.79 Å². The summed E-state index contributed by atoms with van der Waals surface area (Å²) in [6.45, 7) is 3.84. The molecule has 1 amide bonds. The van der Waals surface area contributed by atoms with Crippen molar-refractivity contribution in [1.82, 2.24) is 24.9 Å². The van der Waals surface area contributed by atoms with Gasteiger partial charge < -0.3 is 10.3 Å². The molecule has 1 aliphatic rings. The highest BCUT2D eigenvalue weighted by Crippen LogP contribution is 2.30. The van der Waals surface area contributed by atoms with Gasteiger partial charge in [0.15, 0.2) is 5.82 Å². The summed E-state index contributed by atoms with van der Waals surface area (Å²) in [7, 11) is 0. The second-order valence-electron chi connectivity index (χ2n) is 6.56. The predicted octanol–water partition coefficient (Wildman–Crippen LogP) is 1.81. The number of aromatic amines is 1. The molecule has 7 nitrogen and oxygen atoms in total. The number of nitrogens with zero attached hydrogens (tertiary/aromatic N) is 3. The molecule has 0 radical (unpaired) electrons. The molecule has 23 heavy (non-hydrogen) atoms. The maximum Gasteiger partial charge on any atom is 0.293 e. The quantitative estimate of drug-likeness (QED) is 0.879. The minimum Gasteiger partial charge on any atom is -0.346 e. The summed E-state index contributed by atoms with van der Waals surface area (Å²) in [6, 6.07) is -0.301. The third-order valence-electron chi connectivity index (χ3n) is 4.72. The topological polar surface area (TPSA) is 92.2 Å². The van der Waals surface area contributed by atoms with Crippen molar-refractivity contribution in [3.63, 3.8) is 0 Å². The summed E-state index contributed by atoms with van der Waals surface area (Å²) in [5.41, 5.74) is -0.0537. The van der Waals surface area contributed by atoms with E-state index in [4.69, 9.17) is 0 Å². The molecule has 2 atom stereocenters. The van der Waals surface area contributed by atoms with Crippen LogP contribution in [0, 0.1) is 11.8 Å². The fourth-order valence-electron chi connectivity index (χ4n) is 3.43. The summed E-state index contributed by atoms with van der Waals surface area (Å²) in [5.74, 6) is 1.26. The van der Waals surface area contributed by atoms with Crippen molar-refractivity contribution in [2.24, 2.45) is 11.8 Å². The maximum atomic E-state index is 12.4. The molecule has 0 aromatic carbocycles. The number of carbonyl (C=O) groups excluding carboxylic acids is 1. The van der Waals surface area contributed by atoms with Crippen LogP contribution in [0.2, 0.25) is 0 Å². The molecule has 0 spiro atoms. The van der Waals surface area contributed by atoms with Crippen LogP contribution in [0.3, 0.4) is 0 Å². The van der Waals surface area contributed by atoms with E-state index in [1.54, 1.807) is 16.8 Å². The van der Waals surface area contributed by atoms with Crippen LogP contribution in [0.4, 0.5) is 0 Å². The van der Waals surface area contributed by atoms with Gasteiger partial charge in [-0.05, 0) is 19.3 Å². The lowest BCUT2D eigenvalue weighted by molar-refractivity contribution is -0.125. The van der Waals surface area contributed by atoms with Gasteiger partial charge in [-0.1, -0.05) is 32.6 Å². The molecular weight excluding hydrogens is 294 g/mol. The van der Waals surface area contributed by atoms with Gasteiger partial charge in [0.05, 0.1) is 6.04 Å². The van der Waals surface area contributed by atoms with Crippen LogP contribution in [-0.2, 0) is 4.79 Å². The number of carbonyl (C=O) groups is 1. The van der Waals surface area contributed by atoms with Gasteiger partial charge in [-0.15, -0.1) is 10.2 Å². The maximum absolute atomic E-state index is 12.4. The van der Waals surface area contributed by atoms with Crippen LogP contribution >= 0.6 is 0 Å². The Kier molecular flexibility index (Phi) is 4.45. The molecule has 7 heteroatoms. The van der Waals surface area contributed by atoms with E-state index in [1.807, 2.05) is 13.8 Å². The Morgan fingerprint density at radius 2 is 2.13 bits per heavy atom. The molecule has 1 saturated carbocycles. The van der Waals surface area contributed by atoms with E-state index >= 15 is 0 Å². The van der Waals surface area contributed by atoms with Crippen molar-refractivity contribution in [3.05, 3.63) is 28.6 Å². The first-order valence-corrected chi connectivity index (χ1v) is 8.29. The van der Waals surface area contributed by atoms with Gasteiger partial charge in [0.2, 0.25) is 11.6 Å². The lowest BCUT2D eigenvalue weighted by Gasteiger charge is -2.19. The van der Waals surface area contributed by atoms with Crippen LogP contribution in [0.5, 0.6) is 0 Å². The molecule has 0 saturated heterocycles. The Balaban J connectivity index is 1.67. The van der Waals surface area contributed by atoms with Gasteiger partial charge in [-0.3, -0.25) is 14.0 Å². The standard InChI is InChI=1S/C16H23N5O2/c1-10(9-12-5-3-4-6-12)15(22)18-11(2)13-19-20-14-16(23)17-7-8-21(13)14/h7-8,10-12H,3-6,9H2,1-2H3,(H,17,23)(H,18,22). The normalized spacial score (nSPS) is 18.2. The molecule has 2 N–H and O–H groups in total. The highest BCUT2D eigenvalue weighted by molar-refractivity contribution is 5.78. The summed E-state index contributed by atoms with van der Waals surface area (Å²) < 4.78 is 1.62. The third-order valence-corrected chi connectivity index (χ3v) is 4.72. The fourth-order valence-corrected chi connectivity index (χ4v) is 3.43. The molecule has 3 rings (SSSR count). The second kappa shape index (κ2) is 6.52. The molecule has 2 unspecified atom stereocenters. The largest absolute Gasteiger partial charge is 0.346 e. The van der Waals surface area contributed by atoms with Crippen molar-refractivity contribution >= 4 is 11.6 Å². The monoisotopic (exact) mass is 317 g/mol. The Hall–Kier alpha value is -2.18. The Labute approximate surface area is 134 Å². The smallest absolute Gasteiger partial charge is 0.293 e. The van der Waals surface area contributed by atoms with E-state index in [2.05, 4.69) is 20.5 Å². The fraction of sp³-hybridized carbons (Fsp3) is 0.625. The van der Waals surface area contributed by atoms with E-state index in [1.165, 1.54) is 25.7 Å². The molecule has 1 fully saturated rings. The Morgan fingerprint density at radius 3 is 2.87 bits per heavy atom. The van der Waals surface area contributed by atoms with Crippen molar-refractivity contribution in [2.75, 3.05) is 0 Å². The molecule has 2 aromatic heterocycles. The number of nitrogens with one attached hydrogen (secondary N) is 2. The highest BCUT2D eigenvalue weighted by atomic mass is 16.2. The molecule has 0 aliphatic heterocycles. The molecule has 2 aromatic rings. The van der Waals surface area contributed by atoms with Gasteiger partial charge in [0.1, 0.15) is 0 Å². The van der Waals surface area contributed by atoms with Gasteiger partial charge in [0.25, 0.3) is 5.56 Å². The molecule has 1 aliphatic carbocycles. The third kappa shape index (κ3) is 3.28. The number of fused-ring (bicyclic) bond motifs is 1. The minimum absolute atomic E-state index is 0.0110. The number of hydrogen-bond donors (Lipinski definition) is 2. The highest BCUT2D eigenvalue weighted by Gasteiger charge is 2.24. The zero-order chi connectivity index (χ0) is 16.4. The minimum atomic E-state index is -0.301. The van der Waals surface area contributed by atoms with E-state index in [0.29, 0.717) is 11.7 Å². The average molecular weight is 317 g/mol. The number of rotatable bonds is 5. The Bertz CT molecular complexity index is 744. The van der Waals surface area contributed by atoms with E-state index in [0.717, 1.165) is 6.42 Å². The molecule has 124 valence electrons. The van der Waals surface area contributed by atoms with Crippen molar-refractivity contribution in [3.8, 4) is 0 Å². The Morgan fingerprint density at radius 1 is 1.39 bits per heavy atom. The van der Waals surface area contributed by atoms with Crippen molar-refractivity contribution in [1.29, 1.82) is 0 Å². The zero-order valence-corrected chi connectivity index (χ0v) is 13.6. The van der Waals surface area contributed by atoms with Gasteiger partial charge in [-0.2, -0.15) is 0 Å². The number of H-pyrrole nitrogens is 1. The van der Waals surface area contributed by atoms with Gasteiger partial charge in [0, 0.05) is 18.3 Å². The SMILES string of the molecule is CC(CC1CCCC1)C(=O)NC(C)c1nnc2c(=O)[nH]ccn12. The summed E-state index contributed by atoms with van der Waals surface area (Å²) >= 11 is 0. The second-order valence-corrected chi connectivity index (χ2v) is 6.56. The van der Waals surface area contributed by atoms with Crippen molar-refractivity contribution in [2.45, 2.75) is 52.0 Å². The summed E-state index contributed by atoms with van der Waals surface area (Å²) in [5, 5.41) is 10.9. The van der Waals surface area contributed by atoms with Gasteiger partial charge >= 0.3 is 0 Å². The van der Waals surface area contributed by atoms with Crippen LogP contribution in [-0.4, -0.2) is 25.5 Å². The number of aromatic nitrogens is 4. The summed E-state index contributed by atoms with van der Waals surface area (Å²) in [4.78, 5) is 26.6. The molecular formula is C16H23N5O2. The lowest BCUT2D eigenvalue weighted by Crippen LogP contribution is -2.33. The number of amides is 1. The average Bonchev–Trinajstić information content (AvgIpc) is 3.16. The lowest BCUT2D eigenvalue weighted by atomic mass is 9.94. The predicted molar refractivity (Wildman–Crippen MR) is 85.9 cm³/mol. The first-order chi connectivity index (χ1) is 11.1. The van der Waals surface area contributed by atoms with Crippen LogP contribution in [0.1, 0.15) is 57.8 Å². The summed E-state index contributed by atoms with van der Waals surface area (Å²) in [6.07, 6.45) is 9.23.